The van der Waals surface area contributed by atoms with Gasteiger partial charge in [0.15, 0.2) is 0 Å². The Hall–Kier alpha value is -0.640. The molecule has 0 rings (SSSR count). The summed E-state index contributed by atoms with van der Waals surface area (Å²) in [6.07, 6.45) is 16.6. The Kier molecular flexibility index (Phi) is 15.2. The maximum Gasteiger partial charge on any atom is 0.259 e. The van der Waals surface area contributed by atoms with Gasteiger partial charge < -0.3 is 9.88 Å². The molecule has 0 aliphatic carbocycles. The van der Waals surface area contributed by atoms with E-state index >= 15 is 0 Å². The molecule has 0 fully saturated rings. The quantitative estimate of drug-likeness (QED) is 0.133. The van der Waals surface area contributed by atoms with Gasteiger partial charge in [0.1, 0.15) is 0 Å². The van der Waals surface area contributed by atoms with Gasteiger partial charge in [0.2, 0.25) is 0 Å². The van der Waals surface area contributed by atoms with E-state index in [9.17, 15) is 14.6 Å². The van der Waals surface area contributed by atoms with Gasteiger partial charge in [-0.2, -0.15) is 0 Å². The molecule has 0 radical (unpaired) electrons. The van der Waals surface area contributed by atoms with Gasteiger partial charge in [0, 0.05) is 12.8 Å². The van der Waals surface area contributed by atoms with Crippen molar-refractivity contribution < 1.29 is 14.6 Å². The summed E-state index contributed by atoms with van der Waals surface area (Å²) < 4.78 is 11.5. The van der Waals surface area contributed by atoms with Crippen molar-refractivity contribution in [1.29, 1.82) is 0 Å². The number of nitrogens with zero attached hydrogens (tertiary/aromatic N) is 1. The summed E-state index contributed by atoms with van der Waals surface area (Å²) in [6, 6.07) is 0. The largest absolute Gasteiger partial charge is 0.323 e. The van der Waals surface area contributed by atoms with E-state index in [1.807, 2.05) is 0 Å². The van der Waals surface area contributed by atoms with Crippen molar-refractivity contribution in [2.45, 2.75) is 71.1 Å². The van der Waals surface area contributed by atoms with Crippen LogP contribution < -0.4 is 5.32 Å². The molecule has 0 aromatic carbocycles. The molecule has 0 aromatic heterocycles. The van der Waals surface area contributed by atoms with E-state index in [4.69, 9.17) is 0 Å². The van der Waals surface area contributed by atoms with Crippen LogP contribution in [0.25, 0.3) is 0 Å². The first kappa shape index (κ1) is 24.4. The molecule has 0 unspecified atom stereocenters. The van der Waals surface area contributed by atoms with Crippen LogP contribution in [0.5, 0.6) is 0 Å². The lowest BCUT2D eigenvalue weighted by atomic mass is 10.1. The maximum absolute atomic E-state index is 11.7. The number of unbranched alkanes of at least 4 members (excludes halogenated alkanes) is 8. The van der Waals surface area contributed by atoms with Gasteiger partial charge in [-0.1, -0.05) is 57.6 Å². The molecule has 2 N–H and O–H groups in total. The third-order valence-corrected chi connectivity index (χ3v) is 4.92. The lowest BCUT2D eigenvalue weighted by Crippen LogP contribution is -2.36. The zero-order chi connectivity index (χ0) is 19.0. The Morgan fingerprint density at radius 3 is 2.16 bits per heavy atom. The highest BCUT2D eigenvalue weighted by Crippen LogP contribution is 2.33. The van der Waals surface area contributed by atoms with Crippen LogP contribution in [0.4, 0.5) is 0 Å². The number of carbonyl (C=O) groups excluding carboxylic acids is 1. The minimum absolute atomic E-state index is 0.0357. The predicted octanol–water partition coefficient (Wildman–Crippen LogP) is 4.85. The molecule has 0 saturated carbocycles. The second-order valence-electron chi connectivity index (χ2n) is 7.20. The Balaban J connectivity index is 3.45. The molecule has 0 aliphatic heterocycles. The van der Waals surface area contributed by atoms with Crippen LogP contribution >= 0.6 is 7.14 Å². The molecule has 0 aliphatic rings. The zero-order valence-corrected chi connectivity index (χ0v) is 17.4. The number of amides is 1. The van der Waals surface area contributed by atoms with Crippen molar-refractivity contribution >= 4 is 13.0 Å². The lowest BCUT2D eigenvalue weighted by Gasteiger charge is -2.16. The van der Waals surface area contributed by atoms with Crippen LogP contribution in [-0.2, 0) is 9.36 Å². The van der Waals surface area contributed by atoms with Crippen LogP contribution in [0.15, 0.2) is 12.2 Å². The first-order valence-electron chi connectivity index (χ1n) is 9.75. The SMILES string of the molecule is CCCC/C=C\CCCCCCCCN(O)C(=O)CNCP(C)(C)=O. The Morgan fingerprint density at radius 1 is 1.00 bits per heavy atom. The molecule has 1 amide bonds. The number of nitrogens with one attached hydrogen (secondary N) is 1. The van der Waals surface area contributed by atoms with Gasteiger partial charge in [-0.3, -0.25) is 10.0 Å². The standard InChI is InChI=1S/C19H39N2O3P/c1-4-5-6-7-8-9-10-11-12-13-14-15-16-21(23)19(22)17-20-18-25(2,3)24/h7-8,20,23H,4-6,9-18H2,1-3H3/b8-7-. The highest BCUT2D eigenvalue weighted by Gasteiger charge is 2.12. The molecule has 0 heterocycles. The van der Waals surface area contributed by atoms with Gasteiger partial charge in [0.05, 0.1) is 13.7 Å². The lowest BCUT2D eigenvalue weighted by molar-refractivity contribution is -0.164. The third-order valence-electron chi connectivity index (χ3n) is 3.94. The average Bonchev–Trinajstić information content (AvgIpc) is 2.54. The number of rotatable bonds is 16. The summed E-state index contributed by atoms with van der Waals surface area (Å²) in [5, 5.41) is 13.3. The van der Waals surface area contributed by atoms with Crippen molar-refractivity contribution in [2.24, 2.45) is 0 Å². The molecule has 0 atom stereocenters. The van der Waals surface area contributed by atoms with Crippen LogP contribution in [0.1, 0.15) is 71.1 Å². The van der Waals surface area contributed by atoms with Gasteiger partial charge in [0.25, 0.3) is 5.91 Å². The van der Waals surface area contributed by atoms with E-state index in [1.165, 1.54) is 44.9 Å². The summed E-state index contributed by atoms with van der Waals surface area (Å²) in [5.41, 5.74) is 0. The van der Waals surface area contributed by atoms with E-state index < -0.39 is 7.14 Å². The van der Waals surface area contributed by atoms with E-state index in [1.54, 1.807) is 13.3 Å². The minimum Gasteiger partial charge on any atom is -0.323 e. The van der Waals surface area contributed by atoms with Crippen molar-refractivity contribution in [1.82, 2.24) is 10.4 Å². The van der Waals surface area contributed by atoms with E-state index in [-0.39, 0.29) is 12.5 Å². The van der Waals surface area contributed by atoms with E-state index in [0.29, 0.717) is 12.8 Å². The topological polar surface area (TPSA) is 69.6 Å². The Morgan fingerprint density at radius 2 is 1.56 bits per heavy atom. The Bertz CT molecular complexity index is 407. The van der Waals surface area contributed by atoms with Gasteiger partial charge >= 0.3 is 0 Å². The number of carbonyl (C=O) groups is 1. The molecule has 0 saturated heterocycles. The fourth-order valence-electron chi connectivity index (χ4n) is 2.44. The van der Waals surface area contributed by atoms with Gasteiger partial charge in [-0.15, -0.1) is 0 Å². The zero-order valence-electron chi connectivity index (χ0n) is 16.5. The van der Waals surface area contributed by atoms with Crippen LogP contribution in [0, 0.1) is 0 Å². The van der Waals surface area contributed by atoms with Gasteiger partial charge in [-0.05, 0) is 39.0 Å². The maximum atomic E-state index is 11.7. The molecule has 0 aromatic rings. The Labute approximate surface area is 154 Å². The molecule has 5 nitrogen and oxygen atoms in total. The van der Waals surface area contributed by atoms with Crippen LogP contribution in [0.2, 0.25) is 0 Å². The first-order valence-corrected chi connectivity index (χ1v) is 12.5. The normalized spacial score (nSPS) is 12.0. The number of hydrogen-bond donors (Lipinski definition) is 2. The van der Waals surface area contributed by atoms with Crippen molar-refractivity contribution in [2.75, 3.05) is 32.7 Å². The van der Waals surface area contributed by atoms with E-state index in [0.717, 1.165) is 24.3 Å². The molecular formula is C19H39N2O3P. The highest BCUT2D eigenvalue weighted by atomic mass is 31.2. The molecule has 148 valence electrons. The van der Waals surface area contributed by atoms with E-state index in [2.05, 4.69) is 24.4 Å². The third kappa shape index (κ3) is 18.0. The second-order valence-corrected chi connectivity index (χ2v) is 10.7. The summed E-state index contributed by atoms with van der Waals surface area (Å²) >= 11 is 0. The summed E-state index contributed by atoms with van der Waals surface area (Å²) in [6.45, 7) is 5.96. The second kappa shape index (κ2) is 15.6. The van der Waals surface area contributed by atoms with Crippen LogP contribution in [0.3, 0.4) is 0 Å². The van der Waals surface area contributed by atoms with Crippen LogP contribution in [-0.4, -0.2) is 48.9 Å². The number of hydroxylamine groups is 2. The number of hydrogen-bond acceptors (Lipinski definition) is 4. The van der Waals surface area contributed by atoms with Crippen molar-refractivity contribution in [3.63, 3.8) is 0 Å². The van der Waals surface area contributed by atoms with Crippen molar-refractivity contribution in [3.8, 4) is 0 Å². The van der Waals surface area contributed by atoms with Crippen molar-refractivity contribution in [3.05, 3.63) is 12.2 Å². The number of allylic oxidation sites excluding steroid dienone is 2. The smallest absolute Gasteiger partial charge is 0.259 e. The monoisotopic (exact) mass is 374 g/mol. The summed E-state index contributed by atoms with van der Waals surface area (Å²) in [7, 11) is -2.17. The first-order chi connectivity index (χ1) is 11.9. The molecule has 0 bridgehead atoms. The molecule has 6 heteroatoms. The fourth-order valence-corrected chi connectivity index (χ4v) is 3.09. The predicted molar refractivity (Wildman–Crippen MR) is 107 cm³/mol. The minimum atomic E-state index is -2.17. The average molecular weight is 375 g/mol. The molecule has 25 heavy (non-hydrogen) atoms. The van der Waals surface area contributed by atoms with Gasteiger partial charge in [-0.25, -0.2) is 5.06 Å². The highest BCUT2D eigenvalue weighted by molar-refractivity contribution is 7.62. The summed E-state index contributed by atoms with van der Waals surface area (Å²) in [4.78, 5) is 11.7. The summed E-state index contributed by atoms with van der Waals surface area (Å²) in [5.74, 6) is -0.358. The molecule has 0 spiro atoms. The fraction of sp³-hybridized carbons (Fsp3) is 0.842. The molecular weight excluding hydrogens is 335 g/mol.